The van der Waals surface area contributed by atoms with Crippen molar-refractivity contribution in [2.75, 3.05) is 13.7 Å². The van der Waals surface area contributed by atoms with Crippen molar-refractivity contribution in [1.29, 1.82) is 0 Å². The number of halogens is 1. The van der Waals surface area contributed by atoms with Gasteiger partial charge in [0.15, 0.2) is 11.6 Å². The van der Waals surface area contributed by atoms with Gasteiger partial charge in [0.1, 0.15) is 29.5 Å². The van der Waals surface area contributed by atoms with Crippen molar-refractivity contribution in [2.45, 2.75) is 114 Å². The summed E-state index contributed by atoms with van der Waals surface area (Å²) in [4.78, 5) is 61.4. The maximum Gasteiger partial charge on any atom is 0.405 e. The minimum Gasteiger partial charge on any atom is -0.497 e. The second-order valence-electron chi connectivity index (χ2n) is 17.6. The minimum atomic E-state index is -4.05. The van der Waals surface area contributed by atoms with E-state index in [9.17, 15) is 32.7 Å². The molecule has 7 rings (SSSR count). The molecule has 3 heterocycles. The molecule has 0 bridgehead atoms. The lowest BCUT2D eigenvalue weighted by Gasteiger charge is -2.32. The molecule has 4 amide bonds. The summed E-state index contributed by atoms with van der Waals surface area (Å²) in [6.07, 6.45) is 3.89. The summed E-state index contributed by atoms with van der Waals surface area (Å²) in [6, 6.07) is 9.04. The summed E-state index contributed by atoms with van der Waals surface area (Å²) < 4.78 is 60.6. The van der Waals surface area contributed by atoms with Gasteiger partial charge in [0.25, 0.3) is 5.91 Å². The van der Waals surface area contributed by atoms with Crippen LogP contribution in [-0.2, 0) is 24.4 Å². The molecule has 4 N–H and O–H groups in total. The number of carboxylic acid groups (broad SMARTS) is 1. The predicted molar refractivity (Wildman–Crippen MR) is 224 cm³/mol. The Morgan fingerprint density at radius 2 is 1.84 bits per heavy atom. The van der Waals surface area contributed by atoms with Gasteiger partial charge in [-0.15, -0.1) is 0 Å². The number of amides is 4. The minimum absolute atomic E-state index is 0.0789. The molecule has 2 saturated carbocycles. The average molecular weight is 864 g/mol. The fourth-order valence-corrected chi connectivity index (χ4v) is 9.78. The summed E-state index contributed by atoms with van der Waals surface area (Å²) in [7, 11) is -2.53. The predicted octanol–water partition coefficient (Wildman–Crippen LogP) is 5.71. The van der Waals surface area contributed by atoms with Gasteiger partial charge < -0.3 is 34.9 Å². The van der Waals surface area contributed by atoms with E-state index in [-0.39, 0.29) is 43.0 Å². The number of nitrogens with one attached hydrogen (secondary N) is 3. The first kappa shape index (κ1) is 43.6. The molecule has 15 nitrogen and oxygen atoms in total. The summed E-state index contributed by atoms with van der Waals surface area (Å²) in [5.74, 6) is -2.95. The molecule has 0 unspecified atom stereocenters. The number of carbonyl (C=O) groups is 4. The molecule has 328 valence electrons. The van der Waals surface area contributed by atoms with E-state index < -0.39 is 80.0 Å². The Morgan fingerprint density at radius 1 is 1.08 bits per heavy atom. The monoisotopic (exact) mass is 863 g/mol. The first-order valence-corrected chi connectivity index (χ1v) is 22.3. The number of methoxy groups -OCH3 is 1. The molecule has 61 heavy (non-hydrogen) atoms. The second kappa shape index (κ2) is 16.8. The number of benzene rings is 2. The average Bonchev–Trinajstić information content (AvgIpc) is 4.08. The number of aromatic nitrogens is 1. The number of rotatable bonds is 10. The van der Waals surface area contributed by atoms with Crippen LogP contribution in [0.1, 0.15) is 79.6 Å². The lowest BCUT2D eigenvalue weighted by molar-refractivity contribution is -0.142. The zero-order valence-corrected chi connectivity index (χ0v) is 36.0. The Morgan fingerprint density at radius 3 is 2.51 bits per heavy atom. The SMILES string of the molecule is COc1ccc2c(O[C@@H]3C[C@H]4C(=O)N[C@]5(C(=O)NS(=O)(=O)C6(C)CC6)C[C@H]5/C=C\CC[C@H](C)C[C@@H](C)[C@H](NC(=O)O)C(=O)N4C3)nc(-c3ccc(OC(C)C)c(F)c3)cc2c1. The van der Waals surface area contributed by atoms with E-state index in [1.165, 1.54) is 24.1 Å². The number of pyridine rings is 1. The van der Waals surface area contributed by atoms with Gasteiger partial charge in [-0.25, -0.2) is 22.6 Å². The molecule has 17 heteroatoms. The molecule has 3 fully saturated rings. The lowest BCUT2D eigenvalue weighted by atomic mass is 9.88. The van der Waals surface area contributed by atoms with Crippen LogP contribution in [-0.4, -0.2) is 95.5 Å². The van der Waals surface area contributed by atoms with Gasteiger partial charge in [-0.1, -0.05) is 26.0 Å². The van der Waals surface area contributed by atoms with Crippen LogP contribution in [0.15, 0.2) is 54.6 Å². The van der Waals surface area contributed by atoms with Gasteiger partial charge >= 0.3 is 6.09 Å². The Kier molecular flexibility index (Phi) is 12.0. The van der Waals surface area contributed by atoms with Crippen LogP contribution in [0.5, 0.6) is 17.4 Å². The zero-order valence-electron chi connectivity index (χ0n) is 35.2. The second-order valence-corrected chi connectivity index (χ2v) is 19.8. The molecule has 0 spiro atoms. The smallest absolute Gasteiger partial charge is 0.405 e. The van der Waals surface area contributed by atoms with E-state index >= 15 is 4.39 Å². The Labute approximate surface area is 354 Å². The maximum absolute atomic E-state index is 15.3. The summed E-state index contributed by atoms with van der Waals surface area (Å²) in [5, 5.41) is 16.4. The number of nitrogens with zero attached hydrogens (tertiary/aromatic N) is 2. The van der Waals surface area contributed by atoms with E-state index in [4.69, 9.17) is 19.2 Å². The normalized spacial score (nSPS) is 28.0. The van der Waals surface area contributed by atoms with Crippen molar-refractivity contribution in [3.63, 3.8) is 0 Å². The van der Waals surface area contributed by atoms with E-state index in [1.54, 1.807) is 58.0 Å². The molecular formula is C44H54FN5O10S. The number of ether oxygens (including phenoxy) is 3. The third-order valence-electron chi connectivity index (χ3n) is 12.4. The van der Waals surface area contributed by atoms with Crippen molar-refractivity contribution in [2.24, 2.45) is 17.8 Å². The van der Waals surface area contributed by atoms with Crippen LogP contribution in [0.25, 0.3) is 22.0 Å². The van der Waals surface area contributed by atoms with Crippen molar-refractivity contribution in [3.8, 4) is 28.6 Å². The van der Waals surface area contributed by atoms with Gasteiger partial charge in [0, 0.05) is 23.3 Å². The molecule has 0 radical (unpaired) electrons. The summed E-state index contributed by atoms with van der Waals surface area (Å²) in [5.41, 5.74) is -0.818. The highest BCUT2D eigenvalue weighted by molar-refractivity contribution is 7.91. The molecule has 3 aromatic rings. The fraction of sp³-hybridized carbons (Fsp3) is 0.523. The van der Waals surface area contributed by atoms with E-state index in [1.807, 2.05) is 19.1 Å². The van der Waals surface area contributed by atoms with Crippen molar-refractivity contribution in [1.82, 2.24) is 25.2 Å². The van der Waals surface area contributed by atoms with Gasteiger partial charge in [0.2, 0.25) is 27.7 Å². The molecular weight excluding hydrogens is 810 g/mol. The zero-order chi connectivity index (χ0) is 44.0. The van der Waals surface area contributed by atoms with Crippen LogP contribution in [0.2, 0.25) is 0 Å². The van der Waals surface area contributed by atoms with Gasteiger partial charge in [-0.3, -0.25) is 19.1 Å². The third kappa shape index (κ3) is 9.12. The van der Waals surface area contributed by atoms with Crippen LogP contribution in [0.3, 0.4) is 0 Å². The lowest BCUT2D eigenvalue weighted by Crippen LogP contribution is -2.59. The highest BCUT2D eigenvalue weighted by Crippen LogP contribution is 2.48. The number of allylic oxidation sites excluding steroid dienone is 1. The molecule has 2 aromatic carbocycles. The van der Waals surface area contributed by atoms with Crippen LogP contribution in [0.4, 0.5) is 9.18 Å². The molecule has 1 saturated heterocycles. The number of fused-ring (bicyclic) bond motifs is 3. The number of hydrogen-bond acceptors (Lipinski definition) is 10. The van der Waals surface area contributed by atoms with E-state index in [0.717, 1.165) is 0 Å². The highest BCUT2D eigenvalue weighted by Gasteiger charge is 2.63. The quantitative estimate of drug-likeness (QED) is 0.182. The van der Waals surface area contributed by atoms with E-state index in [0.29, 0.717) is 59.9 Å². The van der Waals surface area contributed by atoms with Gasteiger partial charge in [-0.05, 0) is 119 Å². The van der Waals surface area contributed by atoms with Gasteiger partial charge in [0.05, 0.1) is 30.2 Å². The molecule has 1 aromatic heterocycles. The standard InChI is InChI=1S/C44H54FN5O10S/c1-24(2)59-36-14-11-27(19-33(36)45)34-20-28-18-30(58-6)12-13-32(28)39(46-34)60-31-21-35-38(51)48-44(41(53)49-61(56,57)43(5)15-16-43)22-29(44)10-8-7-9-25(3)17-26(4)37(47-42(54)55)40(52)50(35)23-31/h8,10-14,18-20,24-26,29,31,35,37,47H,7,9,15-17,21-23H2,1-6H3,(H,48,51)(H,49,53)(H,54,55)/b10-8-/t25-,26+,29+,31+,35-,37-,44+/m0/s1. The molecule has 2 aliphatic carbocycles. The van der Waals surface area contributed by atoms with Crippen LogP contribution < -0.4 is 29.6 Å². The van der Waals surface area contributed by atoms with Crippen molar-refractivity contribution < 1.29 is 51.3 Å². The number of sulfonamides is 1. The Hall–Kier alpha value is -5.45. The largest absolute Gasteiger partial charge is 0.497 e. The summed E-state index contributed by atoms with van der Waals surface area (Å²) >= 11 is 0. The van der Waals surface area contributed by atoms with Gasteiger partial charge in [-0.2, -0.15) is 0 Å². The first-order chi connectivity index (χ1) is 28.8. The molecule has 7 atom stereocenters. The fourth-order valence-electron chi connectivity index (χ4n) is 8.47. The molecule has 4 aliphatic rings. The van der Waals surface area contributed by atoms with E-state index in [2.05, 4.69) is 15.4 Å². The maximum atomic E-state index is 15.3. The van der Waals surface area contributed by atoms with Crippen molar-refractivity contribution in [3.05, 3.63) is 60.4 Å². The topological polar surface area (TPSA) is 203 Å². The third-order valence-corrected chi connectivity index (χ3v) is 14.6. The highest BCUT2D eigenvalue weighted by atomic mass is 32.2. The van der Waals surface area contributed by atoms with Crippen LogP contribution in [0, 0.1) is 23.6 Å². The Bertz CT molecular complexity index is 2370. The first-order valence-electron chi connectivity index (χ1n) is 20.8. The Balaban J connectivity index is 1.25. The number of carbonyl (C=O) groups excluding carboxylic acids is 3. The number of hydrogen-bond donors (Lipinski definition) is 4. The molecule has 2 aliphatic heterocycles. The van der Waals surface area contributed by atoms with Crippen molar-refractivity contribution >= 4 is 44.6 Å². The summed E-state index contributed by atoms with van der Waals surface area (Å²) in [6.45, 7) is 8.79. The van der Waals surface area contributed by atoms with Crippen LogP contribution >= 0.6 is 0 Å².